The molecule has 2 nitrogen and oxygen atoms in total. The molecule has 2 N–H and O–H groups in total. The molecule has 1 heterocycles. The monoisotopic (exact) mass is 282 g/mol. The fraction of sp³-hybridized carbons (Fsp3) is 0.154. The van der Waals surface area contributed by atoms with Crippen molar-refractivity contribution in [2.75, 3.05) is 0 Å². The Morgan fingerprint density at radius 3 is 2.78 bits per heavy atom. The normalized spacial score (nSPS) is 12.4. The zero-order valence-electron chi connectivity index (χ0n) is 9.73. The number of nitrogens with two attached hydrogens (primary N) is 1. The van der Waals surface area contributed by atoms with Gasteiger partial charge in [0.15, 0.2) is 0 Å². The SMILES string of the molecule is C[C@@H](N)c1ccc(Sc2ncccc2Cl)c(F)c1. The molecular weight excluding hydrogens is 271 g/mol. The summed E-state index contributed by atoms with van der Waals surface area (Å²) in [5, 5.41) is 1.10. The lowest BCUT2D eigenvalue weighted by Gasteiger charge is -2.08. The number of hydrogen-bond acceptors (Lipinski definition) is 3. The van der Waals surface area contributed by atoms with Crippen molar-refractivity contribution in [2.45, 2.75) is 22.9 Å². The molecule has 0 spiro atoms. The van der Waals surface area contributed by atoms with Gasteiger partial charge in [0.1, 0.15) is 10.8 Å². The van der Waals surface area contributed by atoms with Gasteiger partial charge >= 0.3 is 0 Å². The van der Waals surface area contributed by atoms with E-state index in [4.69, 9.17) is 17.3 Å². The third-order valence-corrected chi connectivity index (χ3v) is 3.90. The Labute approximate surface area is 114 Å². The first-order chi connectivity index (χ1) is 8.58. The maximum Gasteiger partial charge on any atom is 0.137 e. The Balaban J connectivity index is 2.28. The summed E-state index contributed by atoms with van der Waals surface area (Å²) in [6, 6.07) is 8.24. The zero-order valence-corrected chi connectivity index (χ0v) is 11.3. The number of nitrogens with zero attached hydrogens (tertiary/aromatic N) is 1. The minimum atomic E-state index is -0.309. The molecule has 18 heavy (non-hydrogen) atoms. The lowest BCUT2D eigenvalue weighted by Crippen LogP contribution is -2.05. The number of hydrogen-bond donors (Lipinski definition) is 1. The van der Waals surface area contributed by atoms with Gasteiger partial charge in [-0.25, -0.2) is 9.37 Å². The molecule has 1 aromatic carbocycles. The summed E-state index contributed by atoms with van der Waals surface area (Å²) in [5.41, 5.74) is 6.47. The fourth-order valence-electron chi connectivity index (χ4n) is 1.43. The van der Waals surface area contributed by atoms with E-state index in [1.165, 1.54) is 17.8 Å². The molecule has 0 saturated carbocycles. The summed E-state index contributed by atoms with van der Waals surface area (Å²) in [6.07, 6.45) is 1.63. The van der Waals surface area contributed by atoms with Crippen LogP contribution in [0.2, 0.25) is 5.02 Å². The third kappa shape index (κ3) is 3.02. The average Bonchev–Trinajstić information content (AvgIpc) is 2.34. The molecule has 0 unspecified atom stereocenters. The first kappa shape index (κ1) is 13.3. The Bertz CT molecular complexity index is 560. The van der Waals surface area contributed by atoms with Gasteiger partial charge < -0.3 is 5.73 Å². The third-order valence-electron chi connectivity index (χ3n) is 2.41. The lowest BCUT2D eigenvalue weighted by molar-refractivity contribution is 0.596. The van der Waals surface area contributed by atoms with Crippen molar-refractivity contribution in [3.05, 3.63) is 52.9 Å². The zero-order chi connectivity index (χ0) is 13.1. The molecular formula is C13H12ClFN2S. The van der Waals surface area contributed by atoms with Gasteiger partial charge in [-0.2, -0.15) is 0 Å². The summed E-state index contributed by atoms with van der Waals surface area (Å²) in [4.78, 5) is 4.60. The van der Waals surface area contributed by atoms with Crippen molar-refractivity contribution >= 4 is 23.4 Å². The summed E-state index contributed by atoms with van der Waals surface area (Å²) in [7, 11) is 0. The molecule has 0 saturated heterocycles. The smallest absolute Gasteiger partial charge is 0.137 e. The van der Waals surface area contributed by atoms with Crippen LogP contribution in [0.5, 0.6) is 0 Å². The molecule has 1 atom stereocenters. The maximum atomic E-state index is 13.9. The van der Waals surface area contributed by atoms with Crippen LogP contribution in [0.15, 0.2) is 46.5 Å². The summed E-state index contributed by atoms with van der Waals surface area (Å²) >= 11 is 7.18. The number of pyridine rings is 1. The highest BCUT2D eigenvalue weighted by molar-refractivity contribution is 7.99. The molecule has 0 aliphatic heterocycles. The minimum Gasteiger partial charge on any atom is -0.324 e. The van der Waals surface area contributed by atoms with E-state index in [1.54, 1.807) is 24.4 Å². The van der Waals surface area contributed by atoms with Crippen LogP contribution in [0, 0.1) is 5.82 Å². The van der Waals surface area contributed by atoms with Crippen LogP contribution >= 0.6 is 23.4 Å². The molecule has 2 aromatic rings. The van der Waals surface area contributed by atoms with Crippen molar-refractivity contribution in [2.24, 2.45) is 5.73 Å². The predicted molar refractivity (Wildman–Crippen MR) is 72.4 cm³/mol. The van der Waals surface area contributed by atoms with Crippen molar-refractivity contribution in [3.8, 4) is 0 Å². The number of benzene rings is 1. The van der Waals surface area contributed by atoms with Gasteiger partial charge in [-0.1, -0.05) is 29.4 Å². The molecule has 5 heteroatoms. The van der Waals surface area contributed by atoms with E-state index >= 15 is 0 Å². The lowest BCUT2D eigenvalue weighted by atomic mass is 10.1. The van der Waals surface area contributed by atoms with Crippen LogP contribution < -0.4 is 5.73 Å². The van der Waals surface area contributed by atoms with Crippen LogP contribution in [0.4, 0.5) is 4.39 Å². The second kappa shape index (κ2) is 5.69. The van der Waals surface area contributed by atoms with Crippen LogP contribution in [-0.2, 0) is 0 Å². The molecule has 2 rings (SSSR count). The van der Waals surface area contributed by atoms with Crippen LogP contribution in [-0.4, -0.2) is 4.98 Å². The molecule has 1 aromatic heterocycles. The average molecular weight is 283 g/mol. The van der Waals surface area contributed by atoms with Crippen molar-refractivity contribution in [1.29, 1.82) is 0 Å². The number of rotatable bonds is 3. The molecule has 0 radical (unpaired) electrons. The second-order valence-corrected chi connectivity index (χ2v) is 5.31. The Kier molecular flexibility index (Phi) is 4.22. The predicted octanol–water partition coefficient (Wildman–Crippen LogP) is 4.05. The van der Waals surface area contributed by atoms with Crippen LogP contribution in [0.1, 0.15) is 18.5 Å². The molecule has 94 valence electrons. The maximum absolute atomic E-state index is 13.9. The van der Waals surface area contributed by atoms with E-state index in [-0.39, 0.29) is 11.9 Å². The van der Waals surface area contributed by atoms with Gasteiger partial charge in [0.05, 0.1) is 5.02 Å². The summed E-state index contributed by atoms with van der Waals surface area (Å²) in [6.45, 7) is 1.82. The van der Waals surface area contributed by atoms with Gasteiger partial charge in [-0.05, 0) is 36.8 Å². The number of aromatic nitrogens is 1. The summed E-state index contributed by atoms with van der Waals surface area (Å²) < 4.78 is 13.9. The summed E-state index contributed by atoms with van der Waals surface area (Å²) in [5.74, 6) is -0.309. The molecule has 0 amide bonds. The largest absolute Gasteiger partial charge is 0.324 e. The van der Waals surface area contributed by atoms with E-state index in [1.807, 2.05) is 13.0 Å². The highest BCUT2D eigenvalue weighted by atomic mass is 35.5. The van der Waals surface area contributed by atoms with E-state index in [9.17, 15) is 4.39 Å². The second-order valence-electron chi connectivity index (χ2n) is 3.87. The molecule has 0 aliphatic carbocycles. The highest BCUT2D eigenvalue weighted by Crippen LogP contribution is 2.33. The van der Waals surface area contributed by atoms with E-state index < -0.39 is 0 Å². The molecule has 0 aliphatic rings. The minimum absolute atomic E-state index is 0.183. The highest BCUT2D eigenvalue weighted by Gasteiger charge is 2.10. The van der Waals surface area contributed by atoms with Gasteiger partial charge in [0, 0.05) is 17.1 Å². The topological polar surface area (TPSA) is 38.9 Å². The van der Waals surface area contributed by atoms with Crippen molar-refractivity contribution < 1.29 is 4.39 Å². The fourth-order valence-corrected chi connectivity index (χ4v) is 2.45. The van der Waals surface area contributed by atoms with Crippen molar-refractivity contribution in [1.82, 2.24) is 4.98 Å². The van der Waals surface area contributed by atoms with Crippen molar-refractivity contribution in [3.63, 3.8) is 0 Å². The first-order valence-corrected chi connectivity index (χ1v) is 6.61. The van der Waals surface area contributed by atoms with Crippen LogP contribution in [0.25, 0.3) is 0 Å². The quantitative estimate of drug-likeness (QED) is 0.923. The van der Waals surface area contributed by atoms with Crippen LogP contribution in [0.3, 0.4) is 0 Å². The Morgan fingerprint density at radius 2 is 2.17 bits per heavy atom. The Morgan fingerprint density at radius 1 is 1.39 bits per heavy atom. The number of halogens is 2. The van der Waals surface area contributed by atoms with Gasteiger partial charge in [-0.15, -0.1) is 0 Å². The van der Waals surface area contributed by atoms with Gasteiger partial charge in [0.2, 0.25) is 0 Å². The van der Waals surface area contributed by atoms with E-state index in [0.717, 1.165) is 5.56 Å². The van der Waals surface area contributed by atoms with E-state index in [2.05, 4.69) is 4.98 Å². The first-order valence-electron chi connectivity index (χ1n) is 5.41. The standard InChI is InChI=1S/C13H12ClFN2S/c1-8(16)9-4-5-12(11(15)7-9)18-13-10(14)3-2-6-17-13/h2-8H,16H2,1H3/t8-/m1/s1. The molecule has 0 fully saturated rings. The molecule has 0 bridgehead atoms. The van der Waals surface area contributed by atoms with Gasteiger partial charge in [-0.3, -0.25) is 0 Å². The van der Waals surface area contributed by atoms with E-state index in [0.29, 0.717) is 14.9 Å². The Hall–Kier alpha value is -1.10. The van der Waals surface area contributed by atoms with Gasteiger partial charge in [0.25, 0.3) is 0 Å².